The van der Waals surface area contributed by atoms with Crippen molar-refractivity contribution in [3.63, 3.8) is 0 Å². The molecule has 1 N–H and O–H groups in total. The van der Waals surface area contributed by atoms with Gasteiger partial charge >= 0.3 is 0 Å². The zero-order chi connectivity index (χ0) is 11.4. The Bertz CT molecular complexity index is 423. The molecule has 0 heterocycles. The molecule has 0 spiro atoms. The van der Waals surface area contributed by atoms with Crippen LogP contribution in [0.5, 0.6) is 5.75 Å². The van der Waals surface area contributed by atoms with E-state index in [4.69, 9.17) is 6.42 Å². The lowest BCUT2D eigenvalue weighted by atomic mass is 10.2. The molecular formula is C11H10INO2. The van der Waals surface area contributed by atoms with Crippen molar-refractivity contribution < 1.29 is 9.90 Å². The van der Waals surface area contributed by atoms with Gasteiger partial charge in [-0.3, -0.25) is 4.79 Å². The molecule has 0 aromatic heterocycles. The van der Waals surface area contributed by atoms with E-state index in [1.54, 1.807) is 19.2 Å². The van der Waals surface area contributed by atoms with E-state index in [1.807, 2.05) is 0 Å². The lowest BCUT2D eigenvalue weighted by Gasteiger charge is -2.14. The Morgan fingerprint density at radius 1 is 1.67 bits per heavy atom. The van der Waals surface area contributed by atoms with Crippen LogP contribution in [0, 0.1) is 15.9 Å². The number of amides is 1. The predicted octanol–water partition coefficient (Wildman–Crippen LogP) is 1.70. The SMILES string of the molecule is C#CCN(C)C(=O)c1cc(I)ccc1O. The maximum Gasteiger partial charge on any atom is 0.258 e. The number of phenols is 1. The summed E-state index contributed by atoms with van der Waals surface area (Å²) in [4.78, 5) is 13.2. The van der Waals surface area contributed by atoms with Gasteiger partial charge in [0, 0.05) is 10.6 Å². The van der Waals surface area contributed by atoms with Gasteiger partial charge in [0.2, 0.25) is 0 Å². The van der Waals surface area contributed by atoms with Gasteiger partial charge in [0.1, 0.15) is 5.75 Å². The van der Waals surface area contributed by atoms with Crippen molar-refractivity contribution in [1.29, 1.82) is 0 Å². The second kappa shape index (κ2) is 5.03. The van der Waals surface area contributed by atoms with Gasteiger partial charge in [0.15, 0.2) is 0 Å². The third-order valence-electron chi connectivity index (χ3n) is 1.86. The summed E-state index contributed by atoms with van der Waals surface area (Å²) >= 11 is 2.08. The molecule has 0 fully saturated rings. The predicted molar refractivity (Wildman–Crippen MR) is 66.6 cm³/mol. The molecule has 0 saturated carbocycles. The van der Waals surface area contributed by atoms with Crippen LogP contribution in [0.2, 0.25) is 0 Å². The number of nitrogens with zero attached hydrogens (tertiary/aromatic N) is 1. The van der Waals surface area contributed by atoms with Gasteiger partial charge in [-0.25, -0.2) is 0 Å². The zero-order valence-corrected chi connectivity index (χ0v) is 10.4. The fourth-order valence-electron chi connectivity index (χ4n) is 1.09. The molecule has 0 atom stereocenters. The molecule has 1 rings (SSSR count). The third-order valence-corrected chi connectivity index (χ3v) is 2.54. The lowest BCUT2D eigenvalue weighted by Crippen LogP contribution is -2.27. The summed E-state index contributed by atoms with van der Waals surface area (Å²) < 4.78 is 0.892. The van der Waals surface area contributed by atoms with E-state index in [0.717, 1.165) is 3.57 Å². The molecule has 0 aliphatic rings. The quantitative estimate of drug-likeness (QED) is 0.667. The molecule has 15 heavy (non-hydrogen) atoms. The van der Waals surface area contributed by atoms with Crippen LogP contribution in [0.4, 0.5) is 0 Å². The second-order valence-corrected chi connectivity index (χ2v) is 4.27. The topological polar surface area (TPSA) is 40.5 Å². The Hall–Kier alpha value is -1.22. The molecule has 0 radical (unpaired) electrons. The van der Waals surface area contributed by atoms with E-state index in [0.29, 0.717) is 0 Å². The van der Waals surface area contributed by atoms with Crippen LogP contribution in [0.15, 0.2) is 18.2 Å². The number of carbonyl (C=O) groups is 1. The smallest absolute Gasteiger partial charge is 0.258 e. The Labute approximate surface area is 102 Å². The third kappa shape index (κ3) is 2.86. The Morgan fingerprint density at radius 2 is 2.33 bits per heavy atom. The summed E-state index contributed by atoms with van der Waals surface area (Å²) in [5.74, 6) is 2.08. The standard InChI is InChI=1S/C11H10INO2/c1-3-6-13(2)11(15)9-7-8(12)4-5-10(9)14/h1,4-5,7,14H,6H2,2H3. The average molecular weight is 315 g/mol. The number of terminal acetylenes is 1. The van der Waals surface area contributed by atoms with Gasteiger partial charge in [0.05, 0.1) is 12.1 Å². The van der Waals surface area contributed by atoms with Gasteiger partial charge < -0.3 is 10.0 Å². The largest absolute Gasteiger partial charge is 0.507 e. The Balaban J connectivity index is 3.01. The molecular weight excluding hydrogens is 305 g/mol. The molecule has 3 nitrogen and oxygen atoms in total. The molecule has 4 heteroatoms. The van der Waals surface area contributed by atoms with E-state index in [1.165, 1.54) is 11.0 Å². The van der Waals surface area contributed by atoms with Crippen molar-refractivity contribution in [2.24, 2.45) is 0 Å². The van der Waals surface area contributed by atoms with Crippen LogP contribution in [0.3, 0.4) is 0 Å². The summed E-state index contributed by atoms with van der Waals surface area (Å²) in [5.41, 5.74) is 0.277. The summed E-state index contributed by atoms with van der Waals surface area (Å²) in [6.07, 6.45) is 5.11. The highest BCUT2D eigenvalue weighted by Crippen LogP contribution is 2.20. The van der Waals surface area contributed by atoms with Gasteiger partial charge in [0.25, 0.3) is 5.91 Å². The normalized spacial score (nSPS) is 9.40. The highest BCUT2D eigenvalue weighted by molar-refractivity contribution is 14.1. The number of rotatable bonds is 2. The van der Waals surface area contributed by atoms with Crippen molar-refractivity contribution in [3.05, 3.63) is 27.3 Å². The van der Waals surface area contributed by atoms with Crippen molar-refractivity contribution in [3.8, 4) is 18.1 Å². The molecule has 1 aromatic rings. The molecule has 1 amide bonds. The average Bonchev–Trinajstić information content (AvgIpc) is 2.21. The van der Waals surface area contributed by atoms with Crippen molar-refractivity contribution in [2.45, 2.75) is 0 Å². The molecule has 1 aromatic carbocycles. The first-order valence-electron chi connectivity index (χ1n) is 4.23. The van der Waals surface area contributed by atoms with Crippen LogP contribution in [0.25, 0.3) is 0 Å². The van der Waals surface area contributed by atoms with E-state index in [2.05, 4.69) is 28.5 Å². The molecule has 0 unspecified atom stereocenters. The van der Waals surface area contributed by atoms with Crippen LogP contribution in [-0.2, 0) is 0 Å². The van der Waals surface area contributed by atoms with Crippen LogP contribution >= 0.6 is 22.6 Å². The van der Waals surface area contributed by atoms with Gasteiger partial charge in [-0.1, -0.05) is 5.92 Å². The van der Waals surface area contributed by atoms with Crippen molar-refractivity contribution in [2.75, 3.05) is 13.6 Å². The first kappa shape index (κ1) is 11.9. The summed E-state index contributed by atoms with van der Waals surface area (Å²) in [6, 6.07) is 4.86. The van der Waals surface area contributed by atoms with Gasteiger partial charge in [-0.2, -0.15) is 0 Å². The number of carbonyl (C=O) groups excluding carboxylic acids is 1. The Kier molecular flexibility index (Phi) is 3.97. The van der Waals surface area contributed by atoms with E-state index >= 15 is 0 Å². The van der Waals surface area contributed by atoms with Crippen molar-refractivity contribution in [1.82, 2.24) is 4.90 Å². The first-order valence-corrected chi connectivity index (χ1v) is 5.31. The summed E-state index contributed by atoms with van der Waals surface area (Å²) in [6.45, 7) is 0.226. The molecule has 0 saturated heterocycles. The van der Waals surface area contributed by atoms with E-state index in [9.17, 15) is 9.90 Å². The second-order valence-electron chi connectivity index (χ2n) is 3.03. The monoisotopic (exact) mass is 315 g/mol. The Morgan fingerprint density at radius 3 is 2.93 bits per heavy atom. The van der Waals surface area contributed by atoms with Gasteiger partial charge in [-0.05, 0) is 40.8 Å². The molecule has 0 aliphatic heterocycles. The number of aromatic hydroxyl groups is 1. The number of phenolic OH excluding ortho intramolecular Hbond substituents is 1. The first-order chi connectivity index (χ1) is 7.06. The number of hydrogen-bond donors (Lipinski definition) is 1. The van der Waals surface area contributed by atoms with Crippen LogP contribution < -0.4 is 0 Å². The maximum atomic E-state index is 11.8. The van der Waals surface area contributed by atoms with Crippen LogP contribution in [0.1, 0.15) is 10.4 Å². The highest BCUT2D eigenvalue weighted by atomic mass is 127. The number of halogens is 1. The fourth-order valence-corrected chi connectivity index (χ4v) is 1.59. The maximum absolute atomic E-state index is 11.8. The summed E-state index contributed by atoms with van der Waals surface area (Å²) in [5, 5.41) is 9.52. The van der Waals surface area contributed by atoms with E-state index in [-0.39, 0.29) is 23.8 Å². The fraction of sp³-hybridized carbons (Fsp3) is 0.182. The molecule has 0 bridgehead atoms. The van der Waals surface area contributed by atoms with Crippen molar-refractivity contribution >= 4 is 28.5 Å². The minimum Gasteiger partial charge on any atom is -0.507 e. The lowest BCUT2D eigenvalue weighted by molar-refractivity contribution is 0.0809. The highest BCUT2D eigenvalue weighted by Gasteiger charge is 2.15. The molecule has 78 valence electrons. The number of hydrogen-bond acceptors (Lipinski definition) is 2. The summed E-state index contributed by atoms with van der Waals surface area (Å²) in [7, 11) is 1.60. The van der Waals surface area contributed by atoms with Gasteiger partial charge in [-0.15, -0.1) is 6.42 Å². The minimum atomic E-state index is -0.274. The van der Waals surface area contributed by atoms with Crippen LogP contribution in [-0.4, -0.2) is 29.5 Å². The zero-order valence-electron chi connectivity index (χ0n) is 8.20. The number of benzene rings is 1. The minimum absolute atomic E-state index is 0.0238. The van der Waals surface area contributed by atoms with E-state index < -0.39 is 0 Å². The molecule has 0 aliphatic carbocycles.